The fourth-order valence-corrected chi connectivity index (χ4v) is 2.35. The molecule has 0 saturated carbocycles. The van der Waals surface area contributed by atoms with Crippen molar-refractivity contribution in [3.05, 3.63) is 66.0 Å². The van der Waals surface area contributed by atoms with Crippen LogP contribution in [0.15, 0.2) is 54.7 Å². The van der Waals surface area contributed by atoms with E-state index in [4.69, 9.17) is 11.6 Å². The monoisotopic (exact) mass is 261 g/mol. The Labute approximate surface area is 112 Å². The van der Waals surface area contributed by atoms with Crippen LogP contribution in [-0.2, 0) is 12.0 Å². The minimum atomic E-state index is -0.947. The maximum absolute atomic E-state index is 10.8. The van der Waals surface area contributed by atoms with Crippen molar-refractivity contribution in [2.24, 2.45) is 0 Å². The zero-order valence-electron chi connectivity index (χ0n) is 10.1. The Morgan fingerprint density at radius 3 is 2.39 bits per heavy atom. The van der Waals surface area contributed by atoms with E-state index in [0.717, 1.165) is 11.3 Å². The molecular weight excluding hydrogens is 246 g/mol. The molecule has 1 unspecified atom stereocenters. The van der Waals surface area contributed by atoms with E-state index < -0.39 is 5.60 Å². The topological polar surface area (TPSA) is 33.1 Å². The van der Waals surface area contributed by atoms with Crippen LogP contribution in [0.3, 0.4) is 0 Å². The molecular formula is C15H16ClNO. The molecule has 0 fully saturated rings. The molecule has 94 valence electrons. The second-order valence-corrected chi connectivity index (χ2v) is 4.71. The molecule has 0 spiro atoms. The summed E-state index contributed by atoms with van der Waals surface area (Å²) in [5.41, 5.74) is 0.808. The summed E-state index contributed by atoms with van der Waals surface area (Å²) in [6, 6.07) is 15.3. The van der Waals surface area contributed by atoms with E-state index in [1.165, 1.54) is 0 Å². The van der Waals surface area contributed by atoms with Gasteiger partial charge in [-0.15, -0.1) is 11.6 Å². The summed E-state index contributed by atoms with van der Waals surface area (Å²) in [5.74, 6) is 0.415. The molecule has 18 heavy (non-hydrogen) atoms. The first kappa shape index (κ1) is 13.1. The maximum Gasteiger partial charge on any atom is 0.0963 e. The SMILES string of the molecule is OC(CCCl)(Cc1ccccn1)c1ccccc1. The van der Waals surface area contributed by atoms with Gasteiger partial charge in [0.15, 0.2) is 0 Å². The van der Waals surface area contributed by atoms with Crippen LogP contribution in [0.4, 0.5) is 0 Å². The molecule has 3 heteroatoms. The smallest absolute Gasteiger partial charge is 0.0963 e. The minimum absolute atomic E-state index is 0.415. The van der Waals surface area contributed by atoms with E-state index in [1.807, 2.05) is 48.5 Å². The van der Waals surface area contributed by atoms with Gasteiger partial charge >= 0.3 is 0 Å². The van der Waals surface area contributed by atoms with Gasteiger partial charge in [0.2, 0.25) is 0 Å². The van der Waals surface area contributed by atoms with E-state index in [-0.39, 0.29) is 0 Å². The first-order valence-electron chi connectivity index (χ1n) is 5.98. The molecule has 2 aromatic rings. The van der Waals surface area contributed by atoms with Gasteiger partial charge in [-0.2, -0.15) is 0 Å². The highest BCUT2D eigenvalue weighted by Crippen LogP contribution is 2.29. The van der Waals surface area contributed by atoms with Crippen molar-refractivity contribution in [2.45, 2.75) is 18.4 Å². The van der Waals surface area contributed by atoms with E-state index >= 15 is 0 Å². The van der Waals surface area contributed by atoms with Gasteiger partial charge in [0.1, 0.15) is 0 Å². The van der Waals surface area contributed by atoms with Gasteiger partial charge in [0.05, 0.1) is 5.60 Å². The lowest BCUT2D eigenvalue weighted by Gasteiger charge is -2.27. The molecule has 0 amide bonds. The Kier molecular flexibility index (Phi) is 4.34. The van der Waals surface area contributed by atoms with Gasteiger partial charge in [0.25, 0.3) is 0 Å². The number of nitrogens with zero attached hydrogens (tertiary/aromatic N) is 1. The number of alkyl halides is 1. The quantitative estimate of drug-likeness (QED) is 0.839. The van der Waals surface area contributed by atoms with Crippen LogP contribution in [0.5, 0.6) is 0 Å². The van der Waals surface area contributed by atoms with E-state index in [0.29, 0.717) is 18.7 Å². The summed E-state index contributed by atoms with van der Waals surface area (Å²) in [4.78, 5) is 4.27. The van der Waals surface area contributed by atoms with Crippen LogP contribution < -0.4 is 0 Å². The Bertz CT molecular complexity index is 474. The van der Waals surface area contributed by atoms with Gasteiger partial charge in [-0.1, -0.05) is 36.4 Å². The van der Waals surface area contributed by atoms with Gasteiger partial charge in [-0.25, -0.2) is 0 Å². The lowest BCUT2D eigenvalue weighted by atomic mass is 9.86. The summed E-state index contributed by atoms with van der Waals surface area (Å²) < 4.78 is 0. The van der Waals surface area contributed by atoms with Gasteiger partial charge in [-0.05, 0) is 24.1 Å². The Hall–Kier alpha value is -1.38. The second-order valence-electron chi connectivity index (χ2n) is 4.33. The highest BCUT2D eigenvalue weighted by atomic mass is 35.5. The lowest BCUT2D eigenvalue weighted by Crippen LogP contribution is -2.29. The Balaban J connectivity index is 2.27. The molecule has 0 aliphatic heterocycles. The minimum Gasteiger partial charge on any atom is -0.385 e. The molecule has 2 rings (SSSR count). The molecule has 2 nitrogen and oxygen atoms in total. The van der Waals surface area contributed by atoms with Crippen LogP contribution in [0.1, 0.15) is 17.7 Å². The van der Waals surface area contributed by atoms with Crippen molar-refractivity contribution in [1.29, 1.82) is 0 Å². The summed E-state index contributed by atoms with van der Waals surface area (Å²) in [6.07, 6.45) is 2.72. The van der Waals surface area contributed by atoms with Crippen molar-refractivity contribution in [3.63, 3.8) is 0 Å². The van der Waals surface area contributed by atoms with E-state index in [9.17, 15) is 5.11 Å². The second kappa shape index (κ2) is 5.98. The molecule has 1 N–H and O–H groups in total. The normalized spacial score (nSPS) is 14.1. The fraction of sp³-hybridized carbons (Fsp3) is 0.267. The molecule has 1 atom stereocenters. The summed E-state index contributed by atoms with van der Waals surface area (Å²) in [6.45, 7) is 0. The number of aliphatic hydroxyl groups is 1. The molecule has 0 saturated heterocycles. The molecule has 0 bridgehead atoms. The zero-order chi connectivity index (χ0) is 12.8. The van der Waals surface area contributed by atoms with Gasteiger partial charge in [-0.3, -0.25) is 4.98 Å². The van der Waals surface area contributed by atoms with Crippen LogP contribution in [0, 0.1) is 0 Å². The van der Waals surface area contributed by atoms with Crippen LogP contribution >= 0.6 is 11.6 Å². The van der Waals surface area contributed by atoms with Gasteiger partial charge < -0.3 is 5.11 Å². The Morgan fingerprint density at radius 2 is 1.78 bits per heavy atom. The number of halogens is 1. The highest BCUT2D eigenvalue weighted by molar-refractivity contribution is 6.17. The third-order valence-corrected chi connectivity index (χ3v) is 3.21. The van der Waals surface area contributed by atoms with Crippen molar-refractivity contribution in [2.75, 3.05) is 5.88 Å². The molecule has 1 heterocycles. The number of pyridine rings is 1. The van der Waals surface area contributed by atoms with Gasteiger partial charge in [0, 0.05) is 24.2 Å². The van der Waals surface area contributed by atoms with Crippen molar-refractivity contribution >= 4 is 11.6 Å². The Morgan fingerprint density at radius 1 is 1.06 bits per heavy atom. The first-order valence-corrected chi connectivity index (χ1v) is 6.52. The molecule has 1 aromatic heterocycles. The maximum atomic E-state index is 10.8. The molecule has 0 aliphatic carbocycles. The summed E-state index contributed by atoms with van der Waals surface area (Å²) in [5, 5.41) is 10.8. The molecule has 0 aliphatic rings. The predicted molar refractivity (Wildman–Crippen MR) is 73.6 cm³/mol. The zero-order valence-corrected chi connectivity index (χ0v) is 10.8. The largest absolute Gasteiger partial charge is 0.385 e. The number of benzene rings is 1. The number of hydrogen-bond acceptors (Lipinski definition) is 2. The van der Waals surface area contributed by atoms with Crippen LogP contribution in [0.2, 0.25) is 0 Å². The average molecular weight is 262 g/mol. The van der Waals surface area contributed by atoms with Crippen LogP contribution in [0.25, 0.3) is 0 Å². The highest BCUT2D eigenvalue weighted by Gasteiger charge is 2.29. The number of hydrogen-bond donors (Lipinski definition) is 1. The standard InChI is InChI=1S/C15H16ClNO/c16-10-9-15(18,13-6-2-1-3-7-13)12-14-8-4-5-11-17-14/h1-8,11,18H,9-10,12H2. The summed E-state index contributed by atoms with van der Waals surface area (Å²) in [7, 11) is 0. The van der Waals surface area contributed by atoms with Crippen molar-refractivity contribution in [3.8, 4) is 0 Å². The predicted octanol–water partition coefficient (Wildman–Crippen LogP) is 3.14. The molecule has 0 radical (unpaired) electrons. The van der Waals surface area contributed by atoms with Crippen molar-refractivity contribution in [1.82, 2.24) is 4.98 Å². The fourth-order valence-electron chi connectivity index (χ4n) is 2.04. The molecule has 1 aromatic carbocycles. The number of aromatic nitrogens is 1. The third kappa shape index (κ3) is 3.09. The average Bonchev–Trinajstić information content (AvgIpc) is 2.41. The van der Waals surface area contributed by atoms with E-state index in [1.54, 1.807) is 6.20 Å². The third-order valence-electron chi connectivity index (χ3n) is 3.02. The number of rotatable bonds is 5. The van der Waals surface area contributed by atoms with Crippen LogP contribution in [-0.4, -0.2) is 16.0 Å². The first-order chi connectivity index (χ1) is 8.74. The van der Waals surface area contributed by atoms with Crippen molar-refractivity contribution < 1.29 is 5.11 Å². The lowest BCUT2D eigenvalue weighted by molar-refractivity contribution is 0.0327. The summed E-state index contributed by atoms with van der Waals surface area (Å²) >= 11 is 5.82. The van der Waals surface area contributed by atoms with E-state index in [2.05, 4.69) is 4.98 Å².